The molecule has 2 heterocycles. The largest absolute Gasteiger partial charge is 0.307 e. The molecular formula is C13H16N2S. The summed E-state index contributed by atoms with van der Waals surface area (Å²) in [6, 6.07) is 8.52. The van der Waals surface area contributed by atoms with E-state index in [2.05, 4.69) is 40.8 Å². The first-order chi connectivity index (χ1) is 7.72. The number of pyridine rings is 1. The van der Waals surface area contributed by atoms with Gasteiger partial charge in [-0.05, 0) is 50.0 Å². The molecule has 0 fully saturated rings. The van der Waals surface area contributed by atoms with Crippen molar-refractivity contribution in [3.05, 3.63) is 51.5 Å². The van der Waals surface area contributed by atoms with E-state index in [-0.39, 0.29) is 6.04 Å². The molecule has 0 radical (unpaired) electrons. The summed E-state index contributed by atoms with van der Waals surface area (Å²) < 4.78 is 0. The zero-order valence-corrected chi connectivity index (χ0v) is 10.6. The number of nitrogens with one attached hydrogen (secondary N) is 1. The van der Waals surface area contributed by atoms with E-state index in [4.69, 9.17) is 0 Å². The van der Waals surface area contributed by atoms with Crippen LogP contribution in [0.4, 0.5) is 0 Å². The van der Waals surface area contributed by atoms with Gasteiger partial charge in [0, 0.05) is 10.6 Å². The minimum atomic E-state index is 0.208. The number of nitrogens with zero attached hydrogens (tertiary/aromatic N) is 1. The summed E-state index contributed by atoms with van der Waals surface area (Å²) in [5.41, 5.74) is 3.48. The Morgan fingerprint density at radius 3 is 2.62 bits per heavy atom. The number of hydrogen-bond donors (Lipinski definition) is 1. The molecule has 2 aromatic rings. The number of aryl methyl sites for hydroxylation is 2. The van der Waals surface area contributed by atoms with Crippen LogP contribution in [0.3, 0.4) is 0 Å². The van der Waals surface area contributed by atoms with Crippen LogP contribution in [0.15, 0.2) is 29.6 Å². The third-order valence-electron chi connectivity index (χ3n) is 2.66. The Bertz CT molecular complexity index is 476. The van der Waals surface area contributed by atoms with Gasteiger partial charge < -0.3 is 5.32 Å². The molecule has 0 spiro atoms. The van der Waals surface area contributed by atoms with E-state index >= 15 is 0 Å². The fourth-order valence-electron chi connectivity index (χ4n) is 1.82. The summed E-state index contributed by atoms with van der Waals surface area (Å²) in [6.45, 7) is 4.17. The van der Waals surface area contributed by atoms with Gasteiger partial charge in [-0.3, -0.25) is 4.98 Å². The number of rotatable bonds is 3. The van der Waals surface area contributed by atoms with Crippen LogP contribution >= 0.6 is 11.3 Å². The molecule has 16 heavy (non-hydrogen) atoms. The lowest BCUT2D eigenvalue weighted by atomic mass is 10.1. The molecule has 84 valence electrons. The predicted molar refractivity (Wildman–Crippen MR) is 68.9 cm³/mol. The molecule has 1 atom stereocenters. The highest BCUT2D eigenvalue weighted by Crippen LogP contribution is 2.28. The molecule has 0 bridgehead atoms. The van der Waals surface area contributed by atoms with Crippen molar-refractivity contribution in [1.29, 1.82) is 0 Å². The van der Waals surface area contributed by atoms with Crippen molar-refractivity contribution in [2.24, 2.45) is 0 Å². The molecular weight excluding hydrogens is 216 g/mol. The minimum absolute atomic E-state index is 0.208. The average Bonchev–Trinajstić information content (AvgIpc) is 2.67. The monoisotopic (exact) mass is 232 g/mol. The zero-order chi connectivity index (χ0) is 11.5. The fraction of sp³-hybridized carbons (Fsp3) is 0.308. The normalized spacial score (nSPS) is 12.7. The van der Waals surface area contributed by atoms with Crippen LogP contribution in [0, 0.1) is 13.8 Å². The SMILES string of the molecule is CNC(c1cccc(C)n1)c1sccc1C. The first-order valence-electron chi connectivity index (χ1n) is 5.37. The quantitative estimate of drug-likeness (QED) is 0.879. The predicted octanol–water partition coefficient (Wildman–Crippen LogP) is 3.07. The summed E-state index contributed by atoms with van der Waals surface area (Å²) in [5, 5.41) is 5.47. The molecule has 0 aromatic carbocycles. The third-order valence-corrected chi connectivity index (χ3v) is 3.74. The van der Waals surface area contributed by atoms with E-state index in [1.165, 1.54) is 10.4 Å². The van der Waals surface area contributed by atoms with Gasteiger partial charge in [0.25, 0.3) is 0 Å². The fourth-order valence-corrected chi connectivity index (χ4v) is 2.87. The average molecular weight is 232 g/mol. The number of hydrogen-bond acceptors (Lipinski definition) is 3. The van der Waals surface area contributed by atoms with Gasteiger partial charge in [0.15, 0.2) is 0 Å². The van der Waals surface area contributed by atoms with Gasteiger partial charge in [0.2, 0.25) is 0 Å². The highest BCUT2D eigenvalue weighted by molar-refractivity contribution is 7.10. The van der Waals surface area contributed by atoms with E-state index in [1.54, 1.807) is 11.3 Å². The van der Waals surface area contributed by atoms with Crippen molar-refractivity contribution in [3.63, 3.8) is 0 Å². The van der Waals surface area contributed by atoms with E-state index in [0.717, 1.165) is 11.4 Å². The van der Waals surface area contributed by atoms with Crippen molar-refractivity contribution in [1.82, 2.24) is 10.3 Å². The molecule has 2 nitrogen and oxygen atoms in total. The minimum Gasteiger partial charge on any atom is -0.307 e. The van der Waals surface area contributed by atoms with Crippen LogP contribution in [0.1, 0.15) is 27.9 Å². The number of thiophene rings is 1. The van der Waals surface area contributed by atoms with E-state index in [9.17, 15) is 0 Å². The molecule has 1 N–H and O–H groups in total. The molecule has 1 unspecified atom stereocenters. The second-order valence-electron chi connectivity index (χ2n) is 3.89. The van der Waals surface area contributed by atoms with Crippen LogP contribution in [-0.2, 0) is 0 Å². The summed E-state index contributed by atoms with van der Waals surface area (Å²) in [7, 11) is 1.98. The van der Waals surface area contributed by atoms with Crippen molar-refractivity contribution < 1.29 is 0 Å². The van der Waals surface area contributed by atoms with Gasteiger partial charge in [-0.15, -0.1) is 11.3 Å². The Hall–Kier alpha value is -1.19. The van der Waals surface area contributed by atoms with Gasteiger partial charge in [0.1, 0.15) is 0 Å². The highest BCUT2D eigenvalue weighted by Gasteiger charge is 2.16. The summed E-state index contributed by atoms with van der Waals surface area (Å²) in [4.78, 5) is 5.93. The van der Waals surface area contributed by atoms with Crippen molar-refractivity contribution in [2.45, 2.75) is 19.9 Å². The summed E-state index contributed by atoms with van der Waals surface area (Å²) >= 11 is 1.78. The lowest BCUT2D eigenvalue weighted by molar-refractivity contribution is 0.676. The Morgan fingerprint density at radius 1 is 1.25 bits per heavy atom. The second kappa shape index (κ2) is 4.76. The first kappa shape index (κ1) is 11.3. The molecule has 0 saturated heterocycles. The Kier molecular flexibility index (Phi) is 3.36. The molecule has 0 aliphatic carbocycles. The molecule has 0 aliphatic rings. The van der Waals surface area contributed by atoms with Crippen LogP contribution < -0.4 is 5.32 Å². The Balaban J connectivity index is 2.40. The first-order valence-corrected chi connectivity index (χ1v) is 6.25. The molecule has 0 aliphatic heterocycles. The van der Waals surface area contributed by atoms with Crippen LogP contribution in [0.25, 0.3) is 0 Å². The van der Waals surface area contributed by atoms with Gasteiger partial charge in [-0.25, -0.2) is 0 Å². The van der Waals surface area contributed by atoms with Crippen molar-refractivity contribution in [3.8, 4) is 0 Å². The number of aromatic nitrogens is 1. The van der Waals surface area contributed by atoms with E-state index < -0.39 is 0 Å². The molecule has 0 saturated carbocycles. The highest BCUT2D eigenvalue weighted by atomic mass is 32.1. The van der Waals surface area contributed by atoms with Crippen molar-refractivity contribution in [2.75, 3.05) is 7.05 Å². The molecule has 3 heteroatoms. The summed E-state index contributed by atoms with van der Waals surface area (Å²) in [6.07, 6.45) is 0. The maximum atomic E-state index is 4.59. The van der Waals surface area contributed by atoms with Gasteiger partial charge >= 0.3 is 0 Å². The third kappa shape index (κ3) is 2.15. The smallest absolute Gasteiger partial charge is 0.0845 e. The Morgan fingerprint density at radius 2 is 2.06 bits per heavy atom. The topological polar surface area (TPSA) is 24.9 Å². The van der Waals surface area contributed by atoms with Crippen LogP contribution in [0.2, 0.25) is 0 Å². The second-order valence-corrected chi connectivity index (χ2v) is 4.84. The van der Waals surface area contributed by atoms with Gasteiger partial charge in [-0.2, -0.15) is 0 Å². The maximum Gasteiger partial charge on any atom is 0.0845 e. The molecule has 2 rings (SSSR count). The lowest BCUT2D eigenvalue weighted by Crippen LogP contribution is -2.18. The van der Waals surface area contributed by atoms with E-state index in [0.29, 0.717) is 0 Å². The Labute approximate surface area is 100 Å². The maximum absolute atomic E-state index is 4.59. The molecule has 0 amide bonds. The van der Waals surface area contributed by atoms with E-state index in [1.807, 2.05) is 20.0 Å². The zero-order valence-electron chi connectivity index (χ0n) is 9.82. The van der Waals surface area contributed by atoms with Crippen molar-refractivity contribution >= 4 is 11.3 Å². The molecule has 2 aromatic heterocycles. The lowest BCUT2D eigenvalue weighted by Gasteiger charge is -2.15. The van der Waals surface area contributed by atoms with Gasteiger partial charge in [0.05, 0.1) is 11.7 Å². The van der Waals surface area contributed by atoms with Gasteiger partial charge in [-0.1, -0.05) is 6.07 Å². The van der Waals surface area contributed by atoms with Crippen LogP contribution in [-0.4, -0.2) is 12.0 Å². The summed E-state index contributed by atoms with van der Waals surface area (Å²) in [5.74, 6) is 0. The van der Waals surface area contributed by atoms with Crippen LogP contribution in [0.5, 0.6) is 0 Å². The standard InChI is InChI=1S/C13H16N2S/c1-9-7-8-16-13(9)12(14-3)11-6-4-5-10(2)15-11/h4-8,12,14H,1-3H3.